The number of benzene rings is 2. The minimum absolute atomic E-state index is 0.0287. The van der Waals surface area contributed by atoms with Crippen LogP contribution >= 0.6 is 11.6 Å². The average molecular weight is 370 g/mol. The molecule has 1 heterocycles. The van der Waals surface area contributed by atoms with Crippen LogP contribution in [-0.4, -0.2) is 27.0 Å². The summed E-state index contributed by atoms with van der Waals surface area (Å²) in [6.45, 7) is 0. The summed E-state index contributed by atoms with van der Waals surface area (Å²) < 4.78 is 0. The van der Waals surface area contributed by atoms with Gasteiger partial charge in [-0.1, -0.05) is 54.1 Å². The number of nitrogens with one attached hydrogen (secondary N) is 3. The number of amides is 2. The average Bonchev–Trinajstić information content (AvgIpc) is 3.15. The molecule has 0 fully saturated rings. The number of carbonyl (C=O) groups is 2. The lowest BCUT2D eigenvalue weighted by Gasteiger charge is -2.19. The number of anilines is 1. The fraction of sp³-hybridized carbons (Fsp3) is 0.111. The lowest BCUT2D eigenvalue weighted by atomic mass is 10.0. The first-order valence-electron chi connectivity index (χ1n) is 7.89. The van der Waals surface area contributed by atoms with Crippen molar-refractivity contribution >= 4 is 29.4 Å². The standard InChI is InChI=1S/C18H16ClN5O2/c19-14-9-5-4-8-13(14)17(26)22-15(12-6-2-1-3-7-12)10-16(25)23-18-20-11-21-24-18/h1-9,11,15H,10H2,(H,22,26)(H2,20,21,23,24,25). The largest absolute Gasteiger partial charge is 0.345 e. The summed E-state index contributed by atoms with van der Waals surface area (Å²) in [4.78, 5) is 28.7. The van der Waals surface area contributed by atoms with Crippen molar-refractivity contribution in [1.29, 1.82) is 0 Å². The van der Waals surface area contributed by atoms with Crippen LogP contribution in [0.5, 0.6) is 0 Å². The number of nitrogens with zero attached hydrogens (tertiary/aromatic N) is 2. The van der Waals surface area contributed by atoms with Crippen LogP contribution in [-0.2, 0) is 4.79 Å². The Labute approximate surface area is 154 Å². The molecule has 1 atom stereocenters. The maximum absolute atomic E-state index is 12.6. The predicted molar refractivity (Wildman–Crippen MR) is 97.7 cm³/mol. The molecule has 0 aliphatic rings. The van der Waals surface area contributed by atoms with E-state index in [2.05, 4.69) is 25.8 Å². The monoisotopic (exact) mass is 369 g/mol. The van der Waals surface area contributed by atoms with Crippen molar-refractivity contribution in [3.05, 3.63) is 77.1 Å². The van der Waals surface area contributed by atoms with Crippen LogP contribution in [0.25, 0.3) is 0 Å². The third kappa shape index (κ3) is 4.46. The van der Waals surface area contributed by atoms with Crippen molar-refractivity contribution in [2.45, 2.75) is 12.5 Å². The van der Waals surface area contributed by atoms with Gasteiger partial charge in [-0.25, -0.2) is 5.10 Å². The molecule has 0 aliphatic heterocycles. The fourth-order valence-corrected chi connectivity index (χ4v) is 2.67. The molecule has 26 heavy (non-hydrogen) atoms. The minimum Gasteiger partial charge on any atom is -0.345 e. The number of rotatable bonds is 6. The van der Waals surface area contributed by atoms with Gasteiger partial charge in [0, 0.05) is 0 Å². The second-order valence-electron chi connectivity index (χ2n) is 5.50. The Morgan fingerprint density at radius 1 is 1.08 bits per heavy atom. The van der Waals surface area contributed by atoms with Crippen LogP contribution in [0, 0.1) is 0 Å². The van der Waals surface area contributed by atoms with E-state index in [4.69, 9.17) is 11.6 Å². The summed E-state index contributed by atoms with van der Waals surface area (Å²) in [6, 6.07) is 15.5. The Morgan fingerprint density at radius 3 is 2.50 bits per heavy atom. The Morgan fingerprint density at radius 2 is 1.81 bits per heavy atom. The smallest absolute Gasteiger partial charge is 0.253 e. The normalized spacial score (nSPS) is 11.6. The van der Waals surface area contributed by atoms with E-state index in [0.717, 1.165) is 5.56 Å². The highest BCUT2D eigenvalue weighted by Gasteiger charge is 2.20. The zero-order valence-corrected chi connectivity index (χ0v) is 14.4. The molecule has 3 aromatic rings. The Kier molecular flexibility index (Phi) is 5.60. The van der Waals surface area contributed by atoms with E-state index in [1.807, 2.05) is 30.3 Å². The first-order valence-corrected chi connectivity index (χ1v) is 8.27. The zero-order chi connectivity index (χ0) is 18.4. The molecule has 3 N–H and O–H groups in total. The molecule has 7 nitrogen and oxygen atoms in total. The number of halogens is 1. The molecular weight excluding hydrogens is 354 g/mol. The van der Waals surface area contributed by atoms with Gasteiger partial charge >= 0.3 is 0 Å². The molecule has 0 saturated heterocycles. The minimum atomic E-state index is -0.525. The maximum atomic E-state index is 12.6. The topological polar surface area (TPSA) is 99.8 Å². The molecule has 1 unspecified atom stereocenters. The zero-order valence-electron chi connectivity index (χ0n) is 13.6. The number of hydrogen-bond donors (Lipinski definition) is 3. The van der Waals surface area contributed by atoms with Crippen LogP contribution in [0.3, 0.4) is 0 Å². The van der Waals surface area contributed by atoms with E-state index < -0.39 is 6.04 Å². The Bertz CT molecular complexity index is 884. The molecule has 132 valence electrons. The summed E-state index contributed by atoms with van der Waals surface area (Å²) in [7, 11) is 0. The summed E-state index contributed by atoms with van der Waals surface area (Å²) >= 11 is 6.09. The second kappa shape index (κ2) is 8.26. The fourth-order valence-electron chi connectivity index (χ4n) is 2.45. The summed E-state index contributed by atoms with van der Waals surface area (Å²) in [5, 5.41) is 12.1. The van der Waals surface area contributed by atoms with E-state index in [0.29, 0.717) is 10.6 Å². The predicted octanol–water partition coefficient (Wildman–Crippen LogP) is 2.96. The first kappa shape index (κ1) is 17.6. The van der Waals surface area contributed by atoms with Crippen molar-refractivity contribution in [3.63, 3.8) is 0 Å². The molecule has 0 saturated carbocycles. The van der Waals surface area contributed by atoms with E-state index in [-0.39, 0.29) is 24.2 Å². The molecule has 0 radical (unpaired) electrons. The van der Waals surface area contributed by atoms with Gasteiger partial charge in [0.2, 0.25) is 11.9 Å². The lowest BCUT2D eigenvalue weighted by molar-refractivity contribution is -0.116. The van der Waals surface area contributed by atoms with E-state index in [9.17, 15) is 9.59 Å². The van der Waals surface area contributed by atoms with Crippen molar-refractivity contribution in [2.24, 2.45) is 0 Å². The van der Waals surface area contributed by atoms with Gasteiger partial charge in [0.05, 0.1) is 23.0 Å². The van der Waals surface area contributed by atoms with Gasteiger partial charge in [0.1, 0.15) is 6.33 Å². The highest BCUT2D eigenvalue weighted by atomic mass is 35.5. The number of aromatic nitrogens is 3. The quantitative estimate of drug-likeness (QED) is 0.622. The van der Waals surface area contributed by atoms with Gasteiger partial charge in [0.15, 0.2) is 0 Å². The summed E-state index contributed by atoms with van der Waals surface area (Å²) in [6.07, 6.45) is 1.32. The van der Waals surface area contributed by atoms with Crippen molar-refractivity contribution in [1.82, 2.24) is 20.5 Å². The van der Waals surface area contributed by atoms with E-state index in [1.54, 1.807) is 24.3 Å². The Hall–Kier alpha value is -3.19. The second-order valence-corrected chi connectivity index (χ2v) is 5.91. The third-order valence-electron chi connectivity index (χ3n) is 3.69. The number of H-pyrrole nitrogens is 1. The highest BCUT2D eigenvalue weighted by molar-refractivity contribution is 6.33. The van der Waals surface area contributed by atoms with Gasteiger partial charge in [-0.2, -0.15) is 10.1 Å². The molecule has 0 bridgehead atoms. The molecule has 2 amide bonds. The molecule has 1 aromatic heterocycles. The Balaban J connectivity index is 1.76. The van der Waals surface area contributed by atoms with Crippen LogP contribution in [0.15, 0.2) is 60.9 Å². The molecular formula is C18H16ClN5O2. The summed E-state index contributed by atoms with van der Waals surface area (Å²) in [5.74, 6) is -0.411. The molecule has 0 aliphatic carbocycles. The SMILES string of the molecule is O=C(CC(NC(=O)c1ccccc1Cl)c1ccccc1)Nc1ncn[nH]1. The van der Waals surface area contributed by atoms with Crippen LogP contribution in [0.1, 0.15) is 28.4 Å². The van der Waals surface area contributed by atoms with Crippen LogP contribution < -0.4 is 10.6 Å². The van der Waals surface area contributed by atoms with Gasteiger partial charge in [-0.15, -0.1) is 0 Å². The van der Waals surface area contributed by atoms with E-state index in [1.165, 1.54) is 6.33 Å². The van der Waals surface area contributed by atoms with Gasteiger partial charge in [-0.05, 0) is 17.7 Å². The van der Waals surface area contributed by atoms with E-state index >= 15 is 0 Å². The van der Waals surface area contributed by atoms with Gasteiger partial charge in [0.25, 0.3) is 5.91 Å². The molecule has 8 heteroatoms. The van der Waals surface area contributed by atoms with Crippen LogP contribution in [0.2, 0.25) is 5.02 Å². The third-order valence-corrected chi connectivity index (χ3v) is 4.02. The highest BCUT2D eigenvalue weighted by Crippen LogP contribution is 2.20. The number of aromatic amines is 1. The van der Waals surface area contributed by atoms with Crippen molar-refractivity contribution < 1.29 is 9.59 Å². The van der Waals surface area contributed by atoms with Gasteiger partial charge < -0.3 is 5.32 Å². The number of carbonyl (C=O) groups excluding carboxylic acids is 2. The van der Waals surface area contributed by atoms with Crippen LogP contribution in [0.4, 0.5) is 5.95 Å². The molecule has 3 rings (SSSR count). The van der Waals surface area contributed by atoms with Gasteiger partial charge in [-0.3, -0.25) is 14.9 Å². The molecule has 0 spiro atoms. The number of hydrogen-bond acceptors (Lipinski definition) is 4. The van der Waals surface area contributed by atoms with Crippen molar-refractivity contribution in [3.8, 4) is 0 Å². The summed E-state index contributed by atoms with van der Waals surface area (Å²) in [5.41, 5.74) is 1.16. The lowest BCUT2D eigenvalue weighted by Crippen LogP contribution is -2.31. The first-order chi connectivity index (χ1) is 12.6. The molecule has 2 aromatic carbocycles. The van der Waals surface area contributed by atoms with Crippen molar-refractivity contribution in [2.75, 3.05) is 5.32 Å². The maximum Gasteiger partial charge on any atom is 0.253 e.